The molecule has 258 valence electrons. The Morgan fingerprint density at radius 3 is 2.31 bits per heavy atom. The lowest BCUT2D eigenvalue weighted by Crippen LogP contribution is -2.36. The Morgan fingerprint density at radius 2 is 1.71 bits per heavy atom. The van der Waals surface area contributed by atoms with Crippen LogP contribution in [-0.2, 0) is 19.0 Å². The molecule has 0 radical (unpaired) electrons. The number of benzene rings is 2. The fraction of sp³-hybridized carbons (Fsp3) is 0.343. The van der Waals surface area contributed by atoms with Gasteiger partial charge in [0.05, 0.1) is 23.6 Å². The van der Waals surface area contributed by atoms with Crippen LogP contribution in [0.1, 0.15) is 50.0 Å². The highest BCUT2D eigenvalue weighted by Crippen LogP contribution is 2.42. The highest BCUT2D eigenvalue weighted by atomic mass is 16.6. The van der Waals surface area contributed by atoms with E-state index in [1.807, 2.05) is 0 Å². The summed E-state index contributed by atoms with van der Waals surface area (Å²) in [4.78, 5) is 38.0. The van der Waals surface area contributed by atoms with Crippen molar-refractivity contribution < 1.29 is 49.0 Å². The number of aromatic hydroxyl groups is 3. The summed E-state index contributed by atoms with van der Waals surface area (Å²) in [5.41, 5.74) is 6.53. The zero-order valence-electron chi connectivity index (χ0n) is 27.7. The molecule has 5 atom stereocenters. The lowest BCUT2D eigenvalue weighted by atomic mass is 9.91. The molecule has 8 N–H and O–H groups in total. The number of nitrogens with one attached hydrogen (secondary N) is 2. The summed E-state index contributed by atoms with van der Waals surface area (Å²) >= 11 is 0. The number of anilines is 2. The number of hydrogen-bond donors (Lipinski definition) is 7. The summed E-state index contributed by atoms with van der Waals surface area (Å²) in [7, 11) is 2.85. The summed E-state index contributed by atoms with van der Waals surface area (Å²) in [6.45, 7) is 6.69. The zero-order chi connectivity index (χ0) is 35.7. The van der Waals surface area contributed by atoms with E-state index in [2.05, 4.69) is 10.6 Å². The number of phenols is 3. The second-order valence-corrected chi connectivity index (χ2v) is 11.6. The fourth-order valence-corrected chi connectivity index (χ4v) is 5.21. The number of hydrogen-bond acceptors (Lipinski definition) is 10. The second kappa shape index (κ2) is 16.6. The first-order chi connectivity index (χ1) is 22.7. The number of aliphatic hydroxyl groups excluding tert-OH is 1. The van der Waals surface area contributed by atoms with Gasteiger partial charge >= 0.3 is 6.09 Å². The van der Waals surface area contributed by atoms with Crippen LogP contribution in [0.4, 0.5) is 16.2 Å². The van der Waals surface area contributed by atoms with Crippen molar-refractivity contribution in [3.63, 3.8) is 0 Å². The molecule has 3 rings (SSSR count). The van der Waals surface area contributed by atoms with Gasteiger partial charge in [-0.3, -0.25) is 9.59 Å². The molecule has 2 bridgehead atoms. The van der Waals surface area contributed by atoms with Crippen LogP contribution in [-0.4, -0.2) is 77.0 Å². The predicted octanol–water partition coefficient (Wildman–Crippen LogP) is 4.74. The number of ether oxygens (including phenoxy) is 3. The van der Waals surface area contributed by atoms with Gasteiger partial charge in [-0.15, -0.1) is 0 Å². The Labute approximate surface area is 279 Å². The molecule has 0 spiro atoms. The molecule has 0 saturated carbocycles. The van der Waals surface area contributed by atoms with Crippen LogP contribution >= 0.6 is 0 Å². The molecule has 3 amide bonds. The van der Waals surface area contributed by atoms with E-state index in [1.165, 1.54) is 63.6 Å². The molecular formula is C35H43N3O10. The molecule has 2 aromatic carbocycles. The minimum absolute atomic E-state index is 0.0168. The van der Waals surface area contributed by atoms with Crippen molar-refractivity contribution in [3.8, 4) is 17.2 Å². The maximum absolute atomic E-state index is 13.1. The van der Waals surface area contributed by atoms with Gasteiger partial charge in [-0.2, -0.15) is 0 Å². The van der Waals surface area contributed by atoms with E-state index < -0.39 is 59.7 Å². The summed E-state index contributed by atoms with van der Waals surface area (Å²) < 4.78 is 16.6. The molecule has 2 aromatic rings. The van der Waals surface area contributed by atoms with E-state index in [-0.39, 0.29) is 40.2 Å². The molecule has 1 heterocycles. The number of carbonyl (C=O) groups is 3. The zero-order valence-corrected chi connectivity index (χ0v) is 27.7. The van der Waals surface area contributed by atoms with Crippen LogP contribution < -0.4 is 16.4 Å². The lowest BCUT2D eigenvalue weighted by molar-refractivity contribution is -0.112. The summed E-state index contributed by atoms with van der Waals surface area (Å²) in [6, 6.07) is 6.53. The SMILES string of the molecule is CO[C@H]1C=CC=C(C)C(=O)Nc2cc(O)c(NC(=O)c3ccc(O)cc3)c(c2O)C=C(C)C[C@H](OC)[C@H](O)[C@@H](C)C=C(C)[C@@H]1OC(N)=O. The van der Waals surface area contributed by atoms with Crippen molar-refractivity contribution in [2.75, 3.05) is 24.9 Å². The number of fused-ring (bicyclic) bond motifs is 2. The third kappa shape index (κ3) is 9.47. The number of nitrogens with two attached hydrogens (primary N) is 1. The average molecular weight is 666 g/mol. The number of carbonyl (C=O) groups excluding carboxylic acids is 3. The first-order valence-corrected chi connectivity index (χ1v) is 15.1. The molecule has 0 unspecified atom stereocenters. The van der Waals surface area contributed by atoms with Crippen molar-refractivity contribution in [2.24, 2.45) is 11.7 Å². The van der Waals surface area contributed by atoms with Gasteiger partial charge < -0.3 is 51.0 Å². The first-order valence-electron chi connectivity index (χ1n) is 15.1. The van der Waals surface area contributed by atoms with Gasteiger partial charge in [-0.1, -0.05) is 36.8 Å². The first kappa shape index (κ1) is 37.3. The van der Waals surface area contributed by atoms with Gasteiger partial charge in [0.1, 0.15) is 23.4 Å². The van der Waals surface area contributed by atoms with Crippen molar-refractivity contribution in [3.05, 3.63) is 82.5 Å². The van der Waals surface area contributed by atoms with E-state index in [0.29, 0.717) is 11.1 Å². The summed E-state index contributed by atoms with van der Waals surface area (Å²) in [5.74, 6) is -2.72. The van der Waals surface area contributed by atoms with Crippen molar-refractivity contribution >= 4 is 35.4 Å². The highest BCUT2D eigenvalue weighted by molar-refractivity contribution is 6.09. The maximum Gasteiger partial charge on any atom is 0.405 e. The van der Waals surface area contributed by atoms with E-state index >= 15 is 0 Å². The van der Waals surface area contributed by atoms with E-state index in [9.17, 15) is 34.8 Å². The normalized spacial score (nSPS) is 22.5. The van der Waals surface area contributed by atoms with E-state index in [0.717, 1.165) is 6.07 Å². The number of methoxy groups -OCH3 is 2. The topological polar surface area (TPSA) is 210 Å². The van der Waals surface area contributed by atoms with Crippen LogP contribution in [0, 0.1) is 5.92 Å². The van der Waals surface area contributed by atoms with Gasteiger partial charge in [-0.25, -0.2) is 4.79 Å². The van der Waals surface area contributed by atoms with E-state index in [1.54, 1.807) is 32.9 Å². The minimum atomic E-state index is -1.06. The molecule has 1 aliphatic rings. The number of phenolic OH excluding ortho intramolecular Hbond substituents is 3. The number of rotatable bonds is 5. The fourth-order valence-electron chi connectivity index (χ4n) is 5.21. The smallest absolute Gasteiger partial charge is 0.405 e. The Morgan fingerprint density at radius 1 is 1.04 bits per heavy atom. The molecule has 48 heavy (non-hydrogen) atoms. The molecule has 13 heteroatoms. The Balaban J connectivity index is 2.18. The van der Waals surface area contributed by atoms with Crippen LogP contribution in [0.5, 0.6) is 17.2 Å². The molecule has 13 nitrogen and oxygen atoms in total. The average Bonchev–Trinajstić information content (AvgIpc) is 3.04. The summed E-state index contributed by atoms with van der Waals surface area (Å²) in [6.07, 6.45) is 3.29. The van der Waals surface area contributed by atoms with Gasteiger partial charge in [0.2, 0.25) is 0 Å². The van der Waals surface area contributed by atoms with Crippen LogP contribution in [0.25, 0.3) is 6.08 Å². The number of aliphatic hydroxyl groups is 1. The van der Waals surface area contributed by atoms with Crippen molar-refractivity contribution in [2.45, 2.75) is 58.5 Å². The highest BCUT2D eigenvalue weighted by Gasteiger charge is 2.29. The van der Waals surface area contributed by atoms with Crippen LogP contribution in [0.2, 0.25) is 0 Å². The number of primary amides is 1. The van der Waals surface area contributed by atoms with Gasteiger partial charge in [-0.05, 0) is 63.1 Å². The minimum Gasteiger partial charge on any atom is -0.508 e. The van der Waals surface area contributed by atoms with Gasteiger partial charge in [0.15, 0.2) is 6.10 Å². The van der Waals surface area contributed by atoms with Crippen molar-refractivity contribution in [1.82, 2.24) is 0 Å². The number of amides is 3. The van der Waals surface area contributed by atoms with Crippen LogP contribution in [0.15, 0.2) is 71.4 Å². The number of allylic oxidation sites excluding steroid dienone is 2. The maximum atomic E-state index is 13.1. The molecule has 0 aliphatic carbocycles. The summed E-state index contributed by atoms with van der Waals surface area (Å²) in [5, 5.41) is 48.6. The van der Waals surface area contributed by atoms with E-state index in [4.69, 9.17) is 19.9 Å². The van der Waals surface area contributed by atoms with Crippen LogP contribution in [0.3, 0.4) is 0 Å². The largest absolute Gasteiger partial charge is 0.508 e. The molecule has 0 fully saturated rings. The predicted molar refractivity (Wildman–Crippen MR) is 181 cm³/mol. The lowest BCUT2D eigenvalue weighted by Gasteiger charge is -2.28. The third-order valence-electron chi connectivity index (χ3n) is 7.86. The third-order valence-corrected chi connectivity index (χ3v) is 7.86. The van der Waals surface area contributed by atoms with Gasteiger partial charge in [0.25, 0.3) is 11.8 Å². The quantitative estimate of drug-likeness (QED) is 0.132. The Hall–Kier alpha value is -5.11. The molecule has 1 aliphatic heterocycles. The Kier molecular flexibility index (Phi) is 12.9. The Bertz CT molecular complexity index is 1630. The molecule has 0 aromatic heterocycles. The molecule has 0 saturated heterocycles. The van der Waals surface area contributed by atoms with Gasteiger partial charge in [0, 0.05) is 42.9 Å². The van der Waals surface area contributed by atoms with Crippen molar-refractivity contribution in [1.29, 1.82) is 0 Å². The molecular weight excluding hydrogens is 622 g/mol. The second-order valence-electron chi connectivity index (χ2n) is 11.6. The standard InChI is InChI=1S/C35H43N3O10/c1-18-14-24-29(38-34(44)22-10-12-23(39)13-11-22)26(40)17-25(31(24)42)37-33(43)19(2)8-7-9-27(46-5)32(48-35(36)45)21(4)16-20(3)30(41)28(15-18)47-6/h7-14,16-17,20,27-28,30,32,39-42H,15H2,1-6H3,(H2,36,45)(H,37,43)(H,38,44)/t20-,27-,28-,30+,32-/m0/s1. The monoisotopic (exact) mass is 665 g/mol.